The highest BCUT2D eigenvalue weighted by molar-refractivity contribution is 4.55. The summed E-state index contributed by atoms with van der Waals surface area (Å²) in [5.41, 5.74) is 0. The summed E-state index contributed by atoms with van der Waals surface area (Å²) in [4.78, 5) is 0. The molecule has 0 aliphatic heterocycles. The highest BCUT2D eigenvalue weighted by Crippen LogP contribution is 2.17. The fourth-order valence-electron chi connectivity index (χ4n) is 2.37. The third-order valence-corrected chi connectivity index (χ3v) is 3.64. The fraction of sp³-hybridized carbons (Fsp3) is 0.882. The molecule has 0 rings (SSSR count). The Bertz CT molecular complexity index is 128. The van der Waals surface area contributed by atoms with Gasteiger partial charge >= 0.3 is 0 Å². The zero-order chi connectivity index (χ0) is 12.8. The molecule has 0 amide bonds. The average molecular weight is 238 g/mol. The third-order valence-electron chi connectivity index (χ3n) is 3.64. The molecule has 0 N–H and O–H groups in total. The number of hydrogen-bond donors (Lipinski definition) is 0. The molecule has 0 fully saturated rings. The van der Waals surface area contributed by atoms with Gasteiger partial charge in [-0.15, -0.1) is 0 Å². The van der Waals surface area contributed by atoms with Crippen LogP contribution >= 0.6 is 0 Å². The van der Waals surface area contributed by atoms with Crippen LogP contribution in [-0.4, -0.2) is 0 Å². The Balaban J connectivity index is 3.02. The predicted octanol–water partition coefficient (Wildman–Crippen LogP) is 6.36. The fourth-order valence-corrected chi connectivity index (χ4v) is 2.37. The molecule has 0 heteroatoms. The molecule has 2 radical (unpaired) electrons. The molecule has 1 atom stereocenters. The lowest BCUT2D eigenvalue weighted by molar-refractivity contribution is 0.444. The molecule has 0 aromatic heterocycles. The van der Waals surface area contributed by atoms with Crippen molar-refractivity contribution in [1.82, 2.24) is 0 Å². The average Bonchev–Trinajstić information content (AvgIpc) is 2.34. The second-order valence-electron chi connectivity index (χ2n) is 5.57. The zero-order valence-electron chi connectivity index (χ0n) is 12.2. The highest BCUT2D eigenvalue weighted by atomic mass is 14.1. The summed E-state index contributed by atoms with van der Waals surface area (Å²) in [6.07, 6.45) is 17.7. The Hall–Kier alpha value is 0. The predicted molar refractivity (Wildman–Crippen MR) is 79.9 cm³/mol. The van der Waals surface area contributed by atoms with Crippen LogP contribution in [0.1, 0.15) is 90.4 Å². The molecule has 0 aromatic carbocycles. The normalized spacial score (nSPS) is 12.9. The zero-order valence-corrected chi connectivity index (χ0v) is 12.2. The summed E-state index contributed by atoms with van der Waals surface area (Å²) in [5, 5.41) is 0. The van der Waals surface area contributed by atoms with E-state index in [4.69, 9.17) is 0 Å². The van der Waals surface area contributed by atoms with E-state index < -0.39 is 0 Å². The Labute approximate surface area is 111 Å². The second kappa shape index (κ2) is 14.1. The van der Waals surface area contributed by atoms with Crippen LogP contribution in [0, 0.1) is 19.8 Å². The van der Waals surface area contributed by atoms with Crippen molar-refractivity contribution in [3.8, 4) is 0 Å². The van der Waals surface area contributed by atoms with Gasteiger partial charge < -0.3 is 0 Å². The smallest absolute Gasteiger partial charge is 0.0443 e. The van der Waals surface area contributed by atoms with Crippen LogP contribution in [0.4, 0.5) is 0 Å². The molecule has 0 aliphatic carbocycles. The van der Waals surface area contributed by atoms with Crippen molar-refractivity contribution >= 4 is 0 Å². The summed E-state index contributed by atoms with van der Waals surface area (Å²) >= 11 is 0. The van der Waals surface area contributed by atoms with Gasteiger partial charge in [-0.3, -0.25) is 0 Å². The number of rotatable bonds is 13. The van der Waals surface area contributed by atoms with Gasteiger partial charge in [0.1, 0.15) is 0 Å². The summed E-state index contributed by atoms with van der Waals surface area (Å²) in [5.74, 6) is 0.925. The van der Waals surface area contributed by atoms with Gasteiger partial charge in [-0.1, -0.05) is 104 Å². The topological polar surface area (TPSA) is 0 Å². The molecular formula is C17H34. The van der Waals surface area contributed by atoms with E-state index in [0.717, 1.165) is 18.8 Å². The molecule has 17 heavy (non-hydrogen) atoms. The first kappa shape index (κ1) is 17.0. The molecular weight excluding hydrogens is 204 g/mol. The first-order chi connectivity index (χ1) is 8.31. The van der Waals surface area contributed by atoms with E-state index in [-0.39, 0.29) is 0 Å². The van der Waals surface area contributed by atoms with E-state index in [2.05, 4.69) is 20.8 Å². The summed E-state index contributed by atoms with van der Waals surface area (Å²) < 4.78 is 0. The van der Waals surface area contributed by atoms with Crippen molar-refractivity contribution < 1.29 is 0 Å². The van der Waals surface area contributed by atoms with Crippen LogP contribution in [0.15, 0.2) is 0 Å². The first-order valence-corrected chi connectivity index (χ1v) is 7.89. The van der Waals surface area contributed by atoms with Gasteiger partial charge in [-0.2, -0.15) is 0 Å². The molecule has 0 saturated heterocycles. The van der Waals surface area contributed by atoms with E-state index >= 15 is 0 Å². The summed E-state index contributed by atoms with van der Waals surface area (Å²) in [6, 6.07) is 0. The molecule has 0 bridgehead atoms. The summed E-state index contributed by atoms with van der Waals surface area (Å²) in [6.45, 7) is 10.2. The molecule has 0 aromatic rings. The lowest BCUT2D eigenvalue weighted by Gasteiger charge is -2.10. The lowest BCUT2D eigenvalue weighted by Crippen LogP contribution is -1.94. The van der Waals surface area contributed by atoms with E-state index in [9.17, 15) is 0 Å². The molecule has 0 nitrogen and oxygen atoms in total. The third kappa shape index (κ3) is 13.9. The Morgan fingerprint density at radius 1 is 0.588 bits per heavy atom. The molecule has 0 saturated carbocycles. The maximum atomic E-state index is 3.91. The quantitative estimate of drug-likeness (QED) is 0.327. The molecule has 0 aliphatic rings. The van der Waals surface area contributed by atoms with E-state index in [1.807, 2.05) is 0 Å². The standard InChI is InChI=1S/C17H34/c1-4-6-8-9-10-11-12-13-14-16-17(3)15-7-5-2/h17H,1-2,4-16H2,3H3. The SMILES string of the molecule is [CH2]CCCCCCCCCCC(C)CCC[CH2]. The number of unbranched alkanes of at least 4 members (excludes halogenated alkanes) is 9. The molecule has 0 heterocycles. The van der Waals surface area contributed by atoms with Gasteiger partial charge in [0.05, 0.1) is 0 Å². The highest BCUT2D eigenvalue weighted by Gasteiger charge is 2.00. The van der Waals surface area contributed by atoms with Gasteiger partial charge in [0, 0.05) is 0 Å². The second-order valence-corrected chi connectivity index (χ2v) is 5.57. The molecule has 1 unspecified atom stereocenters. The van der Waals surface area contributed by atoms with Gasteiger partial charge in [-0.05, 0) is 5.92 Å². The van der Waals surface area contributed by atoms with Crippen LogP contribution < -0.4 is 0 Å². The summed E-state index contributed by atoms with van der Waals surface area (Å²) in [7, 11) is 0. The van der Waals surface area contributed by atoms with Crippen LogP contribution in [0.2, 0.25) is 0 Å². The van der Waals surface area contributed by atoms with Crippen molar-refractivity contribution in [3.05, 3.63) is 13.8 Å². The van der Waals surface area contributed by atoms with Crippen LogP contribution in [-0.2, 0) is 0 Å². The monoisotopic (exact) mass is 238 g/mol. The van der Waals surface area contributed by atoms with Crippen LogP contribution in [0.25, 0.3) is 0 Å². The van der Waals surface area contributed by atoms with E-state index in [0.29, 0.717) is 0 Å². The lowest BCUT2D eigenvalue weighted by atomic mass is 9.97. The van der Waals surface area contributed by atoms with Crippen LogP contribution in [0.3, 0.4) is 0 Å². The van der Waals surface area contributed by atoms with Crippen molar-refractivity contribution in [2.24, 2.45) is 5.92 Å². The van der Waals surface area contributed by atoms with Crippen molar-refractivity contribution in [2.75, 3.05) is 0 Å². The Morgan fingerprint density at radius 2 is 1.00 bits per heavy atom. The minimum Gasteiger partial charge on any atom is -0.0625 e. The van der Waals surface area contributed by atoms with Gasteiger partial charge in [0.2, 0.25) is 0 Å². The molecule has 0 spiro atoms. The maximum absolute atomic E-state index is 3.91. The van der Waals surface area contributed by atoms with Crippen LogP contribution in [0.5, 0.6) is 0 Å². The Morgan fingerprint density at radius 3 is 1.53 bits per heavy atom. The van der Waals surface area contributed by atoms with Crippen molar-refractivity contribution in [3.63, 3.8) is 0 Å². The van der Waals surface area contributed by atoms with Gasteiger partial charge in [0.15, 0.2) is 0 Å². The first-order valence-electron chi connectivity index (χ1n) is 7.89. The van der Waals surface area contributed by atoms with E-state index in [1.54, 1.807) is 0 Å². The molecule has 102 valence electrons. The van der Waals surface area contributed by atoms with Gasteiger partial charge in [0.25, 0.3) is 0 Å². The number of hydrogen-bond acceptors (Lipinski definition) is 0. The van der Waals surface area contributed by atoms with Crippen molar-refractivity contribution in [1.29, 1.82) is 0 Å². The minimum atomic E-state index is 0.925. The Kier molecular flexibility index (Phi) is 14.1. The van der Waals surface area contributed by atoms with E-state index in [1.165, 1.54) is 70.6 Å². The minimum absolute atomic E-state index is 0.925. The maximum Gasteiger partial charge on any atom is -0.0443 e. The van der Waals surface area contributed by atoms with Crippen molar-refractivity contribution in [2.45, 2.75) is 90.4 Å². The van der Waals surface area contributed by atoms with Gasteiger partial charge in [-0.25, -0.2) is 0 Å². The largest absolute Gasteiger partial charge is 0.0625 e.